The molecule has 0 atom stereocenters. The fourth-order valence-electron chi connectivity index (χ4n) is 2.31. The van der Waals surface area contributed by atoms with E-state index in [-0.39, 0.29) is 0 Å². The maximum atomic E-state index is 11.3. The topological polar surface area (TPSA) is 58.6 Å². The van der Waals surface area contributed by atoms with Crippen LogP contribution in [0.1, 0.15) is 30.4 Å². The molecule has 2 rings (SSSR count). The van der Waals surface area contributed by atoms with E-state index < -0.39 is 11.5 Å². The first-order valence-electron chi connectivity index (χ1n) is 6.19. The Bertz CT molecular complexity index is 452. The fourth-order valence-corrected chi connectivity index (χ4v) is 2.31. The second kappa shape index (κ2) is 4.98. The molecule has 4 heteroatoms. The number of carbonyl (C=O) groups is 1. The minimum absolute atomic E-state index is 0.525. The molecule has 0 radical (unpaired) electrons. The summed E-state index contributed by atoms with van der Waals surface area (Å²) in [5, 5.41) is 12.4. The lowest BCUT2D eigenvalue weighted by Crippen LogP contribution is -2.56. The van der Waals surface area contributed by atoms with Gasteiger partial charge in [-0.15, -0.1) is 0 Å². The number of hydrogen-bond donors (Lipinski definition) is 2. The molecule has 1 aliphatic rings. The zero-order valence-corrected chi connectivity index (χ0v) is 10.8. The van der Waals surface area contributed by atoms with Crippen molar-refractivity contribution < 1.29 is 14.6 Å². The van der Waals surface area contributed by atoms with Crippen LogP contribution in [0, 0.1) is 6.92 Å². The van der Waals surface area contributed by atoms with Crippen LogP contribution in [0.5, 0.6) is 5.75 Å². The Morgan fingerprint density at radius 2 is 2.22 bits per heavy atom. The summed E-state index contributed by atoms with van der Waals surface area (Å²) in [6.45, 7) is 2.54. The van der Waals surface area contributed by atoms with Gasteiger partial charge in [-0.25, -0.2) is 0 Å². The third kappa shape index (κ3) is 2.34. The largest absolute Gasteiger partial charge is 0.496 e. The number of aryl methyl sites for hydroxylation is 1. The van der Waals surface area contributed by atoms with E-state index in [0.717, 1.165) is 23.3 Å². The predicted octanol–water partition coefficient (Wildman–Crippen LogP) is 2.10. The van der Waals surface area contributed by atoms with E-state index in [1.165, 1.54) is 0 Å². The van der Waals surface area contributed by atoms with Crippen LogP contribution in [0.15, 0.2) is 18.2 Å². The van der Waals surface area contributed by atoms with Crippen molar-refractivity contribution in [1.29, 1.82) is 0 Å². The average molecular weight is 249 g/mol. The molecule has 0 amide bonds. The molecule has 0 heterocycles. The highest BCUT2D eigenvalue weighted by molar-refractivity contribution is 5.80. The monoisotopic (exact) mass is 249 g/mol. The van der Waals surface area contributed by atoms with Crippen molar-refractivity contribution in [2.45, 2.75) is 38.3 Å². The lowest BCUT2D eigenvalue weighted by atomic mass is 9.76. The molecule has 0 saturated heterocycles. The van der Waals surface area contributed by atoms with Crippen molar-refractivity contribution in [3.05, 3.63) is 29.3 Å². The van der Waals surface area contributed by atoms with Crippen molar-refractivity contribution in [3.8, 4) is 5.75 Å². The molecule has 1 aromatic carbocycles. The summed E-state index contributed by atoms with van der Waals surface area (Å²) >= 11 is 0. The van der Waals surface area contributed by atoms with Crippen LogP contribution in [-0.2, 0) is 11.3 Å². The van der Waals surface area contributed by atoms with E-state index in [1.807, 2.05) is 25.1 Å². The maximum absolute atomic E-state index is 11.3. The third-order valence-corrected chi connectivity index (χ3v) is 3.67. The average Bonchev–Trinajstić information content (AvgIpc) is 2.27. The van der Waals surface area contributed by atoms with Gasteiger partial charge in [0.1, 0.15) is 11.3 Å². The molecule has 18 heavy (non-hydrogen) atoms. The van der Waals surface area contributed by atoms with Gasteiger partial charge in [0.25, 0.3) is 0 Å². The summed E-state index contributed by atoms with van der Waals surface area (Å²) in [4.78, 5) is 11.3. The third-order valence-electron chi connectivity index (χ3n) is 3.67. The molecular weight excluding hydrogens is 230 g/mol. The number of carboxylic acid groups (broad SMARTS) is 1. The number of rotatable bonds is 5. The van der Waals surface area contributed by atoms with Crippen molar-refractivity contribution in [3.63, 3.8) is 0 Å². The molecule has 0 aromatic heterocycles. The summed E-state index contributed by atoms with van der Waals surface area (Å²) < 4.78 is 5.29. The first kappa shape index (κ1) is 12.9. The number of methoxy groups -OCH3 is 1. The summed E-state index contributed by atoms with van der Waals surface area (Å²) in [5.74, 6) is 0.0494. The van der Waals surface area contributed by atoms with E-state index in [9.17, 15) is 9.90 Å². The number of aliphatic carboxylic acids is 1. The van der Waals surface area contributed by atoms with Gasteiger partial charge in [0.2, 0.25) is 0 Å². The summed E-state index contributed by atoms with van der Waals surface area (Å²) in [6.07, 6.45) is 2.39. The zero-order chi connectivity index (χ0) is 13.2. The van der Waals surface area contributed by atoms with Crippen molar-refractivity contribution >= 4 is 5.97 Å². The van der Waals surface area contributed by atoms with Gasteiger partial charge in [-0.05, 0) is 32.3 Å². The van der Waals surface area contributed by atoms with Gasteiger partial charge in [0, 0.05) is 12.1 Å². The van der Waals surface area contributed by atoms with Crippen molar-refractivity contribution in [2.75, 3.05) is 7.11 Å². The van der Waals surface area contributed by atoms with Gasteiger partial charge < -0.3 is 9.84 Å². The van der Waals surface area contributed by atoms with Gasteiger partial charge in [0.15, 0.2) is 0 Å². The van der Waals surface area contributed by atoms with Gasteiger partial charge in [-0.3, -0.25) is 10.1 Å². The quantitative estimate of drug-likeness (QED) is 0.839. The molecule has 1 aliphatic carbocycles. The number of benzene rings is 1. The highest BCUT2D eigenvalue weighted by Crippen LogP contribution is 2.33. The van der Waals surface area contributed by atoms with Crippen LogP contribution in [0.4, 0.5) is 0 Å². The van der Waals surface area contributed by atoms with Crippen LogP contribution in [0.3, 0.4) is 0 Å². The first-order valence-corrected chi connectivity index (χ1v) is 6.19. The van der Waals surface area contributed by atoms with E-state index in [0.29, 0.717) is 19.4 Å². The first-order chi connectivity index (χ1) is 8.57. The Morgan fingerprint density at radius 3 is 2.72 bits per heavy atom. The molecule has 4 nitrogen and oxygen atoms in total. The molecule has 1 fully saturated rings. The van der Waals surface area contributed by atoms with Crippen molar-refractivity contribution in [1.82, 2.24) is 5.32 Å². The molecule has 0 unspecified atom stereocenters. The highest BCUT2D eigenvalue weighted by Gasteiger charge is 2.43. The van der Waals surface area contributed by atoms with Gasteiger partial charge in [0.05, 0.1) is 7.11 Å². The number of ether oxygens (including phenoxy) is 1. The lowest BCUT2D eigenvalue weighted by Gasteiger charge is -2.38. The standard InChI is InChI=1S/C14H19NO3/c1-10-4-5-12(18-2)11(8-10)9-15-14(13(16)17)6-3-7-14/h4-5,8,15H,3,6-7,9H2,1-2H3,(H,16,17). The second-order valence-electron chi connectivity index (χ2n) is 4.91. The van der Waals surface area contributed by atoms with E-state index in [2.05, 4.69) is 5.32 Å². The minimum atomic E-state index is -0.750. The van der Waals surface area contributed by atoms with Gasteiger partial charge >= 0.3 is 5.97 Å². The second-order valence-corrected chi connectivity index (χ2v) is 4.91. The Hall–Kier alpha value is -1.55. The van der Waals surface area contributed by atoms with Crippen molar-refractivity contribution in [2.24, 2.45) is 0 Å². The SMILES string of the molecule is COc1ccc(C)cc1CNC1(C(=O)O)CCC1. The summed E-state index contributed by atoms with van der Waals surface area (Å²) in [5.41, 5.74) is 1.42. The molecule has 98 valence electrons. The van der Waals surface area contributed by atoms with E-state index in [4.69, 9.17) is 4.74 Å². The molecule has 1 saturated carbocycles. The van der Waals surface area contributed by atoms with Gasteiger partial charge in [-0.1, -0.05) is 17.7 Å². The Morgan fingerprint density at radius 1 is 1.50 bits per heavy atom. The minimum Gasteiger partial charge on any atom is -0.496 e. The van der Waals surface area contributed by atoms with E-state index in [1.54, 1.807) is 7.11 Å². The summed E-state index contributed by atoms with van der Waals surface area (Å²) in [6, 6.07) is 5.93. The smallest absolute Gasteiger partial charge is 0.323 e. The lowest BCUT2D eigenvalue weighted by molar-refractivity contribution is -0.148. The molecule has 0 spiro atoms. The zero-order valence-electron chi connectivity index (χ0n) is 10.8. The van der Waals surface area contributed by atoms with Crippen LogP contribution in [0.25, 0.3) is 0 Å². The number of nitrogens with one attached hydrogen (secondary N) is 1. The number of carboxylic acids is 1. The van der Waals surface area contributed by atoms with Crippen LogP contribution >= 0.6 is 0 Å². The molecule has 0 aliphatic heterocycles. The molecule has 1 aromatic rings. The van der Waals surface area contributed by atoms with Crippen LogP contribution < -0.4 is 10.1 Å². The molecule has 0 bridgehead atoms. The maximum Gasteiger partial charge on any atom is 0.323 e. The Balaban J connectivity index is 2.10. The highest BCUT2D eigenvalue weighted by atomic mass is 16.5. The molecular formula is C14H19NO3. The summed E-state index contributed by atoms with van der Waals surface area (Å²) in [7, 11) is 1.63. The Labute approximate surface area is 107 Å². The molecule has 2 N–H and O–H groups in total. The number of hydrogen-bond acceptors (Lipinski definition) is 3. The van der Waals surface area contributed by atoms with Gasteiger partial charge in [-0.2, -0.15) is 0 Å². The van der Waals surface area contributed by atoms with E-state index >= 15 is 0 Å². The normalized spacial score (nSPS) is 17.0. The predicted molar refractivity (Wildman–Crippen MR) is 68.8 cm³/mol. The van der Waals surface area contributed by atoms with Crippen LogP contribution in [-0.4, -0.2) is 23.7 Å². The fraction of sp³-hybridized carbons (Fsp3) is 0.500. The van der Waals surface area contributed by atoms with Crippen LogP contribution in [0.2, 0.25) is 0 Å². The Kier molecular flexibility index (Phi) is 3.57.